The highest BCUT2D eigenvalue weighted by molar-refractivity contribution is 9.10. The van der Waals surface area contributed by atoms with Crippen LogP contribution in [0.3, 0.4) is 0 Å². The van der Waals surface area contributed by atoms with Crippen LogP contribution in [0.4, 0.5) is 5.69 Å². The van der Waals surface area contributed by atoms with Crippen LogP contribution in [0.2, 0.25) is 0 Å². The number of nitro benzene ring substituents is 1. The molecule has 6 heteroatoms. The van der Waals surface area contributed by atoms with Crippen molar-refractivity contribution in [2.45, 2.75) is 6.61 Å². The highest BCUT2D eigenvalue weighted by Gasteiger charge is 2.16. The summed E-state index contributed by atoms with van der Waals surface area (Å²) in [6.45, 7) is 0.458. The van der Waals surface area contributed by atoms with E-state index in [9.17, 15) is 10.1 Å². The summed E-state index contributed by atoms with van der Waals surface area (Å²) >= 11 is 3.21. The van der Waals surface area contributed by atoms with E-state index < -0.39 is 4.92 Å². The zero-order valence-corrected chi connectivity index (χ0v) is 12.3. The number of benzene rings is 2. The van der Waals surface area contributed by atoms with Gasteiger partial charge in [-0.2, -0.15) is 0 Å². The van der Waals surface area contributed by atoms with E-state index >= 15 is 0 Å². The number of hydrogen-bond donors (Lipinski definition) is 0. The molecule has 0 aliphatic carbocycles. The molecular formula is C14H12BrNO4. The van der Waals surface area contributed by atoms with Crippen molar-refractivity contribution < 1.29 is 14.4 Å². The highest BCUT2D eigenvalue weighted by Crippen LogP contribution is 2.33. The first kappa shape index (κ1) is 14.5. The predicted molar refractivity (Wildman–Crippen MR) is 78.0 cm³/mol. The van der Waals surface area contributed by atoms with E-state index in [0.717, 1.165) is 5.56 Å². The maximum absolute atomic E-state index is 11.0. The molecule has 0 N–H and O–H groups in total. The molecule has 0 saturated carbocycles. The van der Waals surface area contributed by atoms with Gasteiger partial charge < -0.3 is 9.47 Å². The molecule has 0 aromatic heterocycles. The minimum atomic E-state index is -0.473. The van der Waals surface area contributed by atoms with Crippen molar-refractivity contribution in [3.8, 4) is 11.5 Å². The number of nitrogens with zero attached hydrogens (tertiary/aromatic N) is 1. The third-order valence-corrected chi connectivity index (χ3v) is 3.05. The molecule has 0 aliphatic heterocycles. The van der Waals surface area contributed by atoms with Gasteiger partial charge in [-0.25, -0.2) is 0 Å². The Morgan fingerprint density at radius 3 is 2.75 bits per heavy atom. The molecule has 0 fully saturated rings. The molecule has 2 aromatic rings. The smallest absolute Gasteiger partial charge is 0.312 e. The van der Waals surface area contributed by atoms with Gasteiger partial charge in [0.15, 0.2) is 0 Å². The third-order valence-electron chi connectivity index (χ3n) is 2.55. The van der Waals surface area contributed by atoms with Gasteiger partial charge in [0, 0.05) is 17.6 Å². The minimum absolute atomic E-state index is 0.0866. The molecule has 0 atom stereocenters. The molecule has 2 aromatic carbocycles. The van der Waals surface area contributed by atoms with E-state index in [4.69, 9.17) is 9.47 Å². The lowest BCUT2D eigenvalue weighted by Gasteiger charge is -2.08. The zero-order valence-electron chi connectivity index (χ0n) is 10.7. The fourth-order valence-corrected chi connectivity index (χ4v) is 2.06. The van der Waals surface area contributed by atoms with Gasteiger partial charge in [-0.3, -0.25) is 10.1 Å². The van der Waals surface area contributed by atoms with Crippen molar-refractivity contribution in [2.75, 3.05) is 7.11 Å². The standard InChI is InChI=1S/C14H12BrNO4/c1-19-9-10-3-2-4-12(7-10)20-14-6-5-11(15)8-13(14)16(17)18/h2-8H,9H2,1H3. The van der Waals surface area contributed by atoms with Gasteiger partial charge in [0.05, 0.1) is 11.5 Å². The summed E-state index contributed by atoms with van der Waals surface area (Å²) in [5.74, 6) is 0.734. The Hall–Kier alpha value is -1.92. The molecule has 0 heterocycles. The van der Waals surface area contributed by atoms with Crippen LogP contribution in [0.5, 0.6) is 11.5 Å². The summed E-state index contributed by atoms with van der Waals surface area (Å²) in [5.41, 5.74) is 0.848. The van der Waals surface area contributed by atoms with Crippen molar-refractivity contribution >= 4 is 21.6 Å². The summed E-state index contributed by atoms with van der Waals surface area (Å²) in [6, 6.07) is 11.9. The fraction of sp³-hybridized carbons (Fsp3) is 0.143. The molecule has 20 heavy (non-hydrogen) atoms. The summed E-state index contributed by atoms with van der Waals surface area (Å²) in [7, 11) is 1.60. The number of hydrogen-bond acceptors (Lipinski definition) is 4. The largest absolute Gasteiger partial charge is 0.450 e. The molecule has 0 bridgehead atoms. The highest BCUT2D eigenvalue weighted by atomic mass is 79.9. The maximum Gasteiger partial charge on any atom is 0.312 e. The summed E-state index contributed by atoms with van der Waals surface area (Å²) in [4.78, 5) is 10.5. The Morgan fingerprint density at radius 1 is 1.25 bits per heavy atom. The molecule has 2 rings (SSSR count). The van der Waals surface area contributed by atoms with E-state index in [1.54, 1.807) is 31.4 Å². The summed E-state index contributed by atoms with van der Waals surface area (Å²) in [6.07, 6.45) is 0. The monoisotopic (exact) mass is 337 g/mol. The minimum Gasteiger partial charge on any atom is -0.450 e. The molecule has 0 unspecified atom stereocenters. The summed E-state index contributed by atoms with van der Waals surface area (Å²) < 4.78 is 11.3. The summed E-state index contributed by atoms with van der Waals surface area (Å²) in [5, 5.41) is 11.0. The second kappa shape index (κ2) is 6.49. The maximum atomic E-state index is 11.0. The number of methoxy groups -OCH3 is 1. The van der Waals surface area contributed by atoms with Crippen molar-refractivity contribution in [2.24, 2.45) is 0 Å². The molecule has 0 saturated heterocycles. The normalized spacial score (nSPS) is 10.3. The van der Waals surface area contributed by atoms with Crippen molar-refractivity contribution in [3.05, 3.63) is 62.6 Å². The SMILES string of the molecule is COCc1cccc(Oc2ccc(Br)cc2[N+](=O)[O-])c1. The fourth-order valence-electron chi connectivity index (χ4n) is 1.71. The van der Waals surface area contributed by atoms with Crippen LogP contribution in [0.15, 0.2) is 46.9 Å². The number of rotatable bonds is 5. The predicted octanol–water partition coefficient (Wildman–Crippen LogP) is 4.30. The first-order chi connectivity index (χ1) is 9.60. The molecule has 0 aliphatic rings. The van der Waals surface area contributed by atoms with Crippen LogP contribution < -0.4 is 4.74 Å². The van der Waals surface area contributed by atoms with Crippen molar-refractivity contribution in [1.82, 2.24) is 0 Å². The van der Waals surface area contributed by atoms with E-state index in [2.05, 4.69) is 15.9 Å². The Morgan fingerprint density at radius 2 is 2.05 bits per heavy atom. The van der Waals surface area contributed by atoms with Crippen molar-refractivity contribution in [3.63, 3.8) is 0 Å². The Kier molecular flexibility index (Phi) is 4.70. The van der Waals surface area contributed by atoms with Gasteiger partial charge in [-0.15, -0.1) is 0 Å². The van der Waals surface area contributed by atoms with Gasteiger partial charge >= 0.3 is 5.69 Å². The lowest BCUT2D eigenvalue weighted by molar-refractivity contribution is -0.385. The van der Waals surface area contributed by atoms with Crippen LogP contribution in [0.25, 0.3) is 0 Å². The molecule has 0 radical (unpaired) electrons. The quantitative estimate of drug-likeness (QED) is 0.602. The van der Waals surface area contributed by atoms with Gasteiger partial charge in [0.25, 0.3) is 0 Å². The molecular weight excluding hydrogens is 326 g/mol. The van der Waals surface area contributed by atoms with E-state index in [-0.39, 0.29) is 11.4 Å². The molecule has 0 spiro atoms. The van der Waals surface area contributed by atoms with Crippen LogP contribution in [0.1, 0.15) is 5.56 Å². The molecule has 0 amide bonds. The average molecular weight is 338 g/mol. The molecule has 5 nitrogen and oxygen atoms in total. The Balaban J connectivity index is 2.30. The number of halogens is 1. The second-order valence-electron chi connectivity index (χ2n) is 4.05. The van der Waals surface area contributed by atoms with Gasteiger partial charge in [0.1, 0.15) is 5.75 Å². The second-order valence-corrected chi connectivity index (χ2v) is 4.97. The Bertz CT molecular complexity index is 630. The van der Waals surface area contributed by atoms with Gasteiger partial charge in [0.2, 0.25) is 5.75 Å². The van der Waals surface area contributed by atoms with Gasteiger partial charge in [-0.05, 0) is 29.8 Å². The van der Waals surface area contributed by atoms with Crippen LogP contribution >= 0.6 is 15.9 Å². The van der Waals surface area contributed by atoms with Crippen molar-refractivity contribution in [1.29, 1.82) is 0 Å². The lowest BCUT2D eigenvalue weighted by Crippen LogP contribution is -1.94. The van der Waals surface area contributed by atoms with E-state index in [1.165, 1.54) is 6.07 Å². The molecule has 104 valence electrons. The topological polar surface area (TPSA) is 61.6 Å². The van der Waals surface area contributed by atoms with E-state index in [0.29, 0.717) is 16.8 Å². The van der Waals surface area contributed by atoms with Crippen LogP contribution in [0, 0.1) is 10.1 Å². The first-order valence-electron chi connectivity index (χ1n) is 5.80. The lowest BCUT2D eigenvalue weighted by atomic mass is 10.2. The zero-order chi connectivity index (χ0) is 14.5. The van der Waals surface area contributed by atoms with Crippen LogP contribution in [-0.4, -0.2) is 12.0 Å². The van der Waals surface area contributed by atoms with Gasteiger partial charge in [-0.1, -0.05) is 28.1 Å². The Labute approximate surface area is 124 Å². The number of nitro groups is 1. The average Bonchev–Trinajstić information content (AvgIpc) is 2.41. The van der Waals surface area contributed by atoms with Crippen LogP contribution in [-0.2, 0) is 11.3 Å². The third kappa shape index (κ3) is 3.55. The number of ether oxygens (including phenoxy) is 2. The van der Waals surface area contributed by atoms with E-state index in [1.807, 2.05) is 12.1 Å². The first-order valence-corrected chi connectivity index (χ1v) is 6.59.